The second kappa shape index (κ2) is 6.17. The molecule has 104 valence electrons. The number of oxime groups is 1. The predicted molar refractivity (Wildman–Crippen MR) is 74.1 cm³/mol. The Morgan fingerprint density at radius 2 is 2.06 bits per heavy atom. The number of piperidine rings is 1. The smallest absolute Gasteiger partial charge is 0.317 e. The lowest BCUT2D eigenvalue weighted by Gasteiger charge is -2.39. The highest BCUT2D eigenvalue weighted by Gasteiger charge is 2.39. The van der Waals surface area contributed by atoms with E-state index in [4.69, 9.17) is 10.9 Å². The summed E-state index contributed by atoms with van der Waals surface area (Å²) in [5, 5.41) is 14.8. The number of nitrogens with two attached hydrogens (primary N) is 1. The molecule has 6 nitrogen and oxygen atoms in total. The zero-order valence-corrected chi connectivity index (χ0v) is 12.0. The Morgan fingerprint density at radius 3 is 2.44 bits per heavy atom. The van der Waals surface area contributed by atoms with Gasteiger partial charge in [0.1, 0.15) is 0 Å². The number of carbonyl (C=O) groups excluding carboxylic acids is 1. The first kappa shape index (κ1) is 14.9. The first-order valence-corrected chi connectivity index (χ1v) is 7.26. The highest BCUT2D eigenvalue weighted by atomic mass is 32.2. The summed E-state index contributed by atoms with van der Waals surface area (Å²) in [5.74, 6) is 0.249. The predicted octanol–water partition coefficient (Wildman–Crippen LogP) is 1.05. The van der Waals surface area contributed by atoms with Crippen molar-refractivity contribution in [2.75, 3.05) is 19.3 Å². The third-order valence-electron chi connectivity index (χ3n) is 3.24. The van der Waals surface area contributed by atoms with Gasteiger partial charge in [-0.1, -0.05) is 5.16 Å². The van der Waals surface area contributed by atoms with Gasteiger partial charge >= 0.3 is 6.03 Å². The Balaban J connectivity index is 2.62. The van der Waals surface area contributed by atoms with E-state index in [1.807, 2.05) is 20.1 Å². The lowest BCUT2D eigenvalue weighted by molar-refractivity contribution is 0.181. The molecule has 0 radical (unpaired) electrons. The molecule has 0 aromatic rings. The molecule has 1 aliphatic heterocycles. The van der Waals surface area contributed by atoms with Gasteiger partial charge in [-0.05, 0) is 32.9 Å². The van der Waals surface area contributed by atoms with Crippen LogP contribution in [0.25, 0.3) is 0 Å². The number of nitrogens with one attached hydrogen (secondary N) is 1. The molecule has 0 saturated carbocycles. The molecule has 4 N–H and O–H groups in total. The third-order valence-corrected chi connectivity index (χ3v) is 4.63. The Labute approximate surface area is 112 Å². The Morgan fingerprint density at radius 1 is 1.50 bits per heavy atom. The number of nitrogens with zero attached hydrogens (tertiary/aromatic N) is 2. The van der Waals surface area contributed by atoms with Gasteiger partial charge in [-0.25, -0.2) is 4.79 Å². The van der Waals surface area contributed by atoms with E-state index < -0.39 is 0 Å². The van der Waals surface area contributed by atoms with Crippen molar-refractivity contribution in [3.05, 3.63) is 0 Å². The molecule has 2 amide bonds. The molecule has 0 aromatic heterocycles. The van der Waals surface area contributed by atoms with Gasteiger partial charge < -0.3 is 21.2 Å². The molecular formula is C11H22N4O2S. The first-order chi connectivity index (χ1) is 8.45. The minimum atomic E-state index is -0.344. The topological polar surface area (TPSA) is 91.0 Å². The van der Waals surface area contributed by atoms with Crippen molar-refractivity contribution in [1.82, 2.24) is 10.2 Å². The van der Waals surface area contributed by atoms with Gasteiger partial charge in [-0.15, -0.1) is 0 Å². The largest absolute Gasteiger partial charge is 0.409 e. The average Bonchev–Trinajstić information content (AvgIpc) is 2.37. The summed E-state index contributed by atoms with van der Waals surface area (Å²) in [5.41, 5.74) is 5.76. The van der Waals surface area contributed by atoms with Gasteiger partial charge in [0.15, 0.2) is 5.84 Å². The SMILES string of the molecule is CSC1(C(N)=NO)CCN(C(=O)NC(C)C)CC1. The van der Waals surface area contributed by atoms with E-state index in [9.17, 15) is 4.79 Å². The van der Waals surface area contributed by atoms with Crippen LogP contribution in [-0.4, -0.2) is 52.1 Å². The second-order valence-corrected chi connectivity index (χ2v) is 5.96. The van der Waals surface area contributed by atoms with Crippen molar-refractivity contribution in [2.24, 2.45) is 10.9 Å². The Bertz CT molecular complexity index is 325. The van der Waals surface area contributed by atoms with E-state index in [-0.39, 0.29) is 22.7 Å². The number of carbonyl (C=O) groups is 1. The quantitative estimate of drug-likeness (QED) is 0.310. The van der Waals surface area contributed by atoms with Crippen molar-refractivity contribution in [2.45, 2.75) is 37.5 Å². The molecule has 7 heteroatoms. The van der Waals surface area contributed by atoms with Crippen LogP contribution in [0.3, 0.4) is 0 Å². The minimum Gasteiger partial charge on any atom is -0.409 e. The number of amides is 2. The van der Waals surface area contributed by atoms with Gasteiger partial charge in [-0.2, -0.15) is 11.8 Å². The number of urea groups is 1. The average molecular weight is 274 g/mol. The summed E-state index contributed by atoms with van der Waals surface area (Å²) in [6, 6.07) is 0.0908. The molecule has 0 aromatic carbocycles. The highest BCUT2D eigenvalue weighted by molar-refractivity contribution is 8.00. The van der Waals surface area contributed by atoms with E-state index in [1.54, 1.807) is 16.7 Å². The molecule has 18 heavy (non-hydrogen) atoms. The fourth-order valence-corrected chi connectivity index (χ4v) is 2.91. The first-order valence-electron chi connectivity index (χ1n) is 6.04. The number of hydrogen-bond donors (Lipinski definition) is 3. The summed E-state index contributed by atoms with van der Waals surface area (Å²) < 4.78 is -0.344. The fourth-order valence-electron chi connectivity index (χ4n) is 2.07. The number of hydrogen-bond acceptors (Lipinski definition) is 4. The lowest BCUT2D eigenvalue weighted by atomic mass is 9.94. The molecule has 0 spiro atoms. The summed E-state index contributed by atoms with van der Waals surface area (Å²) in [7, 11) is 0. The normalized spacial score (nSPS) is 20.0. The van der Waals surface area contributed by atoms with E-state index in [2.05, 4.69) is 10.5 Å². The second-order valence-electron chi connectivity index (χ2n) is 4.77. The van der Waals surface area contributed by atoms with Crippen LogP contribution in [-0.2, 0) is 0 Å². The van der Waals surface area contributed by atoms with Gasteiger partial charge in [0.05, 0.1) is 4.75 Å². The van der Waals surface area contributed by atoms with E-state index in [1.165, 1.54) is 0 Å². The molecule has 1 saturated heterocycles. The number of rotatable bonds is 3. The van der Waals surface area contributed by atoms with Crippen LogP contribution in [0, 0.1) is 0 Å². The lowest BCUT2D eigenvalue weighted by Crippen LogP contribution is -2.54. The van der Waals surface area contributed by atoms with E-state index in [0.29, 0.717) is 25.9 Å². The van der Waals surface area contributed by atoms with Crippen molar-refractivity contribution in [3.8, 4) is 0 Å². The summed E-state index contributed by atoms with van der Waals surface area (Å²) in [4.78, 5) is 13.6. The molecule has 1 aliphatic rings. The summed E-state index contributed by atoms with van der Waals surface area (Å²) in [6.07, 6.45) is 3.35. The molecule has 1 heterocycles. The van der Waals surface area contributed by atoms with Crippen LogP contribution in [0.15, 0.2) is 5.16 Å². The van der Waals surface area contributed by atoms with E-state index in [0.717, 1.165) is 0 Å². The van der Waals surface area contributed by atoms with Gasteiger partial charge in [-0.3, -0.25) is 0 Å². The Hall–Kier alpha value is -1.11. The number of likely N-dealkylation sites (tertiary alicyclic amines) is 1. The molecule has 0 atom stereocenters. The fraction of sp³-hybridized carbons (Fsp3) is 0.818. The van der Waals surface area contributed by atoms with Gasteiger partial charge in [0, 0.05) is 19.1 Å². The van der Waals surface area contributed by atoms with Crippen LogP contribution in [0.2, 0.25) is 0 Å². The van der Waals surface area contributed by atoms with Crippen molar-refractivity contribution in [1.29, 1.82) is 0 Å². The standard InChI is InChI=1S/C11H22N4O2S/c1-8(2)13-10(16)15-6-4-11(18-3,5-7-15)9(12)14-17/h8,17H,4-7H2,1-3H3,(H2,12,14)(H,13,16). The zero-order chi connectivity index (χ0) is 13.8. The number of thioether (sulfide) groups is 1. The van der Waals surface area contributed by atoms with Gasteiger partial charge in [0.2, 0.25) is 0 Å². The minimum absolute atomic E-state index is 0.0424. The summed E-state index contributed by atoms with van der Waals surface area (Å²) in [6.45, 7) is 5.11. The van der Waals surface area contributed by atoms with Crippen molar-refractivity contribution >= 4 is 23.6 Å². The third kappa shape index (κ3) is 3.22. The zero-order valence-electron chi connectivity index (χ0n) is 11.1. The molecule has 0 bridgehead atoms. The molecule has 0 aliphatic carbocycles. The number of amidine groups is 1. The molecular weight excluding hydrogens is 252 g/mol. The maximum Gasteiger partial charge on any atom is 0.317 e. The Kier molecular flexibility index (Phi) is 5.13. The van der Waals surface area contributed by atoms with Crippen LogP contribution in [0.5, 0.6) is 0 Å². The van der Waals surface area contributed by atoms with Crippen LogP contribution in [0.4, 0.5) is 4.79 Å². The highest BCUT2D eigenvalue weighted by Crippen LogP contribution is 2.34. The van der Waals surface area contributed by atoms with Gasteiger partial charge in [0.25, 0.3) is 0 Å². The maximum atomic E-state index is 11.8. The van der Waals surface area contributed by atoms with Crippen molar-refractivity contribution in [3.63, 3.8) is 0 Å². The van der Waals surface area contributed by atoms with Crippen LogP contribution < -0.4 is 11.1 Å². The van der Waals surface area contributed by atoms with Crippen LogP contribution >= 0.6 is 11.8 Å². The van der Waals surface area contributed by atoms with E-state index >= 15 is 0 Å². The molecule has 1 fully saturated rings. The van der Waals surface area contributed by atoms with Crippen LogP contribution in [0.1, 0.15) is 26.7 Å². The monoisotopic (exact) mass is 274 g/mol. The summed E-state index contributed by atoms with van der Waals surface area (Å²) >= 11 is 1.58. The maximum absolute atomic E-state index is 11.8. The molecule has 1 rings (SSSR count). The molecule has 0 unspecified atom stereocenters. The van der Waals surface area contributed by atoms with Crippen molar-refractivity contribution < 1.29 is 10.0 Å².